The van der Waals surface area contributed by atoms with Gasteiger partial charge >= 0.3 is 0 Å². The second-order valence-electron chi connectivity index (χ2n) is 4.41. The van der Waals surface area contributed by atoms with E-state index < -0.39 is 0 Å². The highest BCUT2D eigenvalue weighted by molar-refractivity contribution is 5.49. The molecule has 0 atom stereocenters. The molecule has 0 spiro atoms. The van der Waals surface area contributed by atoms with Gasteiger partial charge in [0.2, 0.25) is 0 Å². The first-order valence-electron chi connectivity index (χ1n) is 6.20. The number of halogens is 1. The molecule has 17 heavy (non-hydrogen) atoms. The van der Waals surface area contributed by atoms with Gasteiger partial charge in [-0.1, -0.05) is 13.0 Å². The van der Waals surface area contributed by atoms with E-state index in [2.05, 4.69) is 16.7 Å². The fourth-order valence-corrected chi connectivity index (χ4v) is 2.24. The van der Waals surface area contributed by atoms with Crippen LogP contribution in [0.1, 0.15) is 12.5 Å². The quantitative estimate of drug-likeness (QED) is 0.863. The van der Waals surface area contributed by atoms with Crippen molar-refractivity contribution in [1.82, 2.24) is 4.90 Å². The van der Waals surface area contributed by atoms with E-state index in [4.69, 9.17) is 5.73 Å². The lowest BCUT2D eigenvalue weighted by atomic mass is 10.1. The molecule has 1 aromatic rings. The van der Waals surface area contributed by atoms with Crippen molar-refractivity contribution < 1.29 is 4.39 Å². The van der Waals surface area contributed by atoms with Gasteiger partial charge in [-0.2, -0.15) is 0 Å². The predicted octanol–water partition coefficient (Wildman–Crippen LogP) is 1.43. The SMILES string of the molecule is CCN1CCN(c2ccc(CN)cc2F)CC1. The second-order valence-corrected chi connectivity index (χ2v) is 4.41. The van der Waals surface area contributed by atoms with Gasteiger partial charge in [-0.05, 0) is 24.2 Å². The van der Waals surface area contributed by atoms with Crippen LogP contribution in [0.5, 0.6) is 0 Å². The fraction of sp³-hybridized carbons (Fsp3) is 0.538. The third-order valence-electron chi connectivity index (χ3n) is 3.41. The summed E-state index contributed by atoms with van der Waals surface area (Å²) in [5.41, 5.74) is 7.05. The number of benzene rings is 1. The lowest BCUT2D eigenvalue weighted by Gasteiger charge is -2.35. The molecule has 0 amide bonds. The zero-order valence-corrected chi connectivity index (χ0v) is 10.3. The van der Waals surface area contributed by atoms with Gasteiger partial charge in [-0.3, -0.25) is 0 Å². The van der Waals surface area contributed by atoms with Gasteiger partial charge in [0.1, 0.15) is 5.82 Å². The number of hydrogen-bond acceptors (Lipinski definition) is 3. The van der Waals surface area contributed by atoms with Crippen LogP contribution in [0.25, 0.3) is 0 Å². The topological polar surface area (TPSA) is 32.5 Å². The maximum absolute atomic E-state index is 13.9. The highest BCUT2D eigenvalue weighted by Crippen LogP contribution is 2.21. The molecule has 0 aliphatic carbocycles. The Labute approximate surface area is 102 Å². The summed E-state index contributed by atoms with van der Waals surface area (Å²) >= 11 is 0. The van der Waals surface area contributed by atoms with Crippen LogP contribution in [0.3, 0.4) is 0 Å². The number of nitrogens with two attached hydrogens (primary N) is 1. The van der Waals surface area contributed by atoms with E-state index in [9.17, 15) is 4.39 Å². The van der Waals surface area contributed by atoms with Crippen LogP contribution in [0.2, 0.25) is 0 Å². The van der Waals surface area contributed by atoms with Gasteiger partial charge in [-0.25, -0.2) is 4.39 Å². The molecule has 1 aliphatic rings. The number of rotatable bonds is 3. The summed E-state index contributed by atoms with van der Waals surface area (Å²) in [7, 11) is 0. The van der Waals surface area contributed by atoms with Gasteiger partial charge in [0.15, 0.2) is 0 Å². The molecule has 94 valence electrons. The minimum atomic E-state index is -0.155. The highest BCUT2D eigenvalue weighted by Gasteiger charge is 2.18. The van der Waals surface area contributed by atoms with Crippen LogP contribution in [0, 0.1) is 5.82 Å². The highest BCUT2D eigenvalue weighted by atomic mass is 19.1. The van der Waals surface area contributed by atoms with Crippen LogP contribution >= 0.6 is 0 Å². The van der Waals surface area contributed by atoms with Crippen LogP contribution in [-0.2, 0) is 6.54 Å². The van der Waals surface area contributed by atoms with Crippen molar-refractivity contribution in [2.75, 3.05) is 37.6 Å². The summed E-state index contributed by atoms with van der Waals surface area (Å²) in [4.78, 5) is 4.49. The summed E-state index contributed by atoms with van der Waals surface area (Å²) in [6.07, 6.45) is 0. The standard InChI is InChI=1S/C13H20FN3/c1-2-16-5-7-17(8-6-16)13-4-3-11(10-15)9-12(13)14/h3-4,9H,2,5-8,10,15H2,1H3. The molecule has 0 radical (unpaired) electrons. The molecule has 4 heteroatoms. The molecule has 0 saturated carbocycles. The van der Waals surface area contributed by atoms with Crippen molar-refractivity contribution in [2.45, 2.75) is 13.5 Å². The third kappa shape index (κ3) is 2.76. The molecule has 2 rings (SSSR count). The molecule has 1 aromatic carbocycles. The van der Waals surface area contributed by atoms with E-state index in [1.165, 1.54) is 0 Å². The Hall–Kier alpha value is -1.13. The second kappa shape index (κ2) is 5.47. The molecule has 0 aromatic heterocycles. The summed E-state index contributed by atoms with van der Waals surface area (Å²) in [6.45, 7) is 7.43. The molecular formula is C13H20FN3. The van der Waals surface area contributed by atoms with Crippen molar-refractivity contribution in [3.05, 3.63) is 29.6 Å². The molecular weight excluding hydrogens is 217 g/mol. The van der Waals surface area contributed by atoms with Gasteiger partial charge < -0.3 is 15.5 Å². The average molecular weight is 237 g/mol. The Bertz CT molecular complexity index is 373. The number of piperazine rings is 1. The fourth-order valence-electron chi connectivity index (χ4n) is 2.24. The summed E-state index contributed by atoms with van der Waals surface area (Å²) in [6, 6.07) is 5.30. The molecule has 0 unspecified atom stereocenters. The lowest BCUT2D eigenvalue weighted by molar-refractivity contribution is 0.270. The Morgan fingerprint density at radius 2 is 1.94 bits per heavy atom. The van der Waals surface area contributed by atoms with Gasteiger partial charge in [0, 0.05) is 32.7 Å². The Morgan fingerprint density at radius 1 is 1.24 bits per heavy atom. The first-order valence-corrected chi connectivity index (χ1v) is 6.20. The van der Waals surface area contributed by atoms with Crippen LogP contribution in [0.15, 0.2) is 18.2 Å². The van der Waals surface area contributed by atoms with Gasteiger partial charge in [0.05, 0.1) is 5.69 Å². The molecule has 0 bridgehead atoms. The van der Waals surface area contributed by atoms with Crippen LogP contribution in [-0.4, -0.2) is 37.6 Å². The molecule has 1 saturated heterocycles. The van der Waals surface area contributed by atoms with E-state index in [0.717, 1.165) is 38.3 Å². The van der Waals surface area contributed by atoms with E-state index in [1.54, 1.807) is 6.07 Å². The predicted molar refractivity (Wildman–Crippen MR) is 68.6 cm³/mol. The summed E-state index contributed by atoms with van der Waals surface area (Å²) in [5.74, 6) is -0.155. The van der Waals surface area contributed by atoms with E-state index in [-0.39, 0.29) is 5.82 Å². The lowest BCUT2D eigenvalue weighted by Crippen LogP contribution is -2.46. The normalized spacial score (nSPS) is 17.5. The van der Waals surface area contributed by atoms with Crippen molar-refractivity contribution in [3.63, 3.8) is 0 Å². The average Bonchev–Trinajstić information content (AvgIpc) is 2.39. The van der Waals surface area contributed by atoms with Crippen LogP contribution < -0.4 is 10.6 Å². The summed E-state index contributed by atoms with van der Waals surface area (Å²) < 4.78 is 13.9. The number of hydrogen-bond donors (Lipinski definition) is 1. The number of nitrogens with zero attached hydrogens (tertiary/aromatic N) is 2. The Kier molecular flexibility index (Phi) is 3.97. The molecule has 1 aliphatic heterocycles. The summed E-state index contributed by atoms with van der Waals surface area (Å²) in [5, 5.41) is 0. The molecule has 2 N–H and O–H groups in total. The zero-order chi connectivity index (χ0) is 12.3. The number of anilines is 1. The maximum Gasteiger partial charge on any atom is 0.146 e. The van der Waals surface area contributed by atoms with Crippen molar-refractivity contribution in [3.8, 4) is 0 Å². The minimum absolute atomic E-state index is 0.155. The van der Waals surface area contributed by atoms with Crippen molar-refractivity contribution in [2.24, 2.45) is 5.73 Å². The maximum atomic E-state index is 13.9. The van der Waals surface area contributed by atoms with Crippen molar-refractivity contribution in [1.29, 1.82) is 0 Å². The Morgan fingerprint density at radius 3 is 2.47 bits per heavy atom. The van der Waals surface area contributed by atoms with E-state index >= 15 is 0 Å². The van der Waals surface area contributed by atoms with Crippen LogP contribution in [0.4, 0.5) is 10.1 Å². The Balaban J connectivity index is 2.08. The molecule has 1 fully saturated rings. The largest absolute Gasteiger partial charge is 0.367 e. The first kappa shape index (κ1) is 12.3. The minimum Gasteiger partial charge on any atom is -0.367 e. The smallest absolute Gasteiger partial charge is 0.146 e. The molecule has 3 nitrogen and oxygen atoms in total. The first-order chi connectivity index (χ1) is 8.24. The zero-order valence-electron chi connectivity index (χ0n) is 10.3. The van der Waals surface area contributed by atoms with Gasteiger partial charge in [0.25, 0.3) is 0 Å². The van der Waals surface area contributed by atoms with Crippen molar-refractivity contribution >= 4 is 5.69 Å². The van der Waals surface area contributed by atoms with Gasteiger partial charge in [-0.15, -0.1) is 0 Å². The molecule has 1 heterocycles. The third-order valence-corrected chi connectivity index (χ3v) is 3.41. The van der Waals surface area contributed by atoms with E-state index in [1.807, 2.05) is 12.1 Å². The monoisotopic (exact) mass is 237 g/mol. The number of likely N-dealkylation sites (N-methyl/N-ethyl adjacent to an activating group) is 1. The van der Waals surface area contributed by atoms with E-state index in [0.29, 0.717) is 12.2 Å².